The molecule has 1 aromatic carbocycles. The summed E-state index contributed by atoms with van der Waals surface area (Å²) in [5.41, 5.74) is 0.348. The van der Waals surface area contributed by atoms with E-state index in [1.165, 1.54) is 27.7 Å². The summed E-state index contributed by atoms with van der Waals surface area (Å²) < 4.78 is 6.34. The predicted octanol–water partition coefficient (Wildman–Crippen LogP) is 1.36. The average molecular weight is 363 g/mol. The van der Waals surface area contributed by atoms with Crippen molar-refractivity contribution in [3.8, 4) is 0 Å². The molecule has 1 atom stereocenters. The van der Waals surface area contributed by atoms with Gasteiger partial charge in [0.15, 0.2) is 5.58 Å². The molecule has 0 spiro atoms. The number of aryl methyl sites for hydroxylation is 1. The molecular formula is C16H17N3O7. The Bertz CT molecular complexity index is 930. The fraction of sp³-hybridized carbons (Fsp3) is 0.438. The van der Waals surface area contributed by atoms with Gasteiger partial charge in [0.05, 0.1) is 16.5 Å². The molecule has 2 heterocycles. The van der Waals surface area contributed by atoms with Crippen molar-refractivity contribution in [3.63, 3.8) is 0 Å². The van der Waals surface area contributed by atoms with Gasteiger partial charge in [-0.25, -0.2) is 9.59 Å². The van der Waals surface area contributed by atoms with E-state index in [1.54, 1.807) is 0 Å². The van der Waals surface area contributed by atoms with Crippen LogP contribution in [0.3, 0.4) is 0 Å². The number of aliphatic carboxylic acids is 1. The molecule has 0 radical (unpaired) electrons. The number of amides is 1. The third-order valence-corrected chi connectivity index (χ3v) is 4.49. The molecule has 0 saturated carbocycles. The minimum absolute atomic E-state index is 0.107. The molecule has 0 aliphatic carbocycles. The number of aromatic nitrogens is 1. The van der Waals surface area contributed by atoms with Crippen molar-refractivity contribution in [1.29, 1.82) is 0 Å². The van der Waals surface area contributed by atoms with Gasteiger partial charge in [0, 0.05) is 25.6 Å². The Morgan fingerprint density at radius 2 is 2.15 bits per heavy atom. The number of carbonyl (C=O) groups excluding carboxylic acids is 1. The van der Waals surface area contributed by atoms with Crippen LogP contribution in [0.25, 0.3) is 11.1 Å². The molecular weight excluding hydrogens is 346 g/mol. The van der Waals surface area contributed by atoms with E-state index in [-0.39, 0.29) is 30.1 Å². The highest BCUT2D eigenvalue weighted by molar-refractivity contribution is 5.84. The van der Waals surface area contributed by atoms with E-state index in [0.717, 1.165) is 0 Å². The van der Waals surface area contributed by atoms with Gasteiger partial charge < -0.3 is 14.4 Å². The van der Waals surface area contributed by atoms with Crippen molar-refractivity contribution >= 4 is 28.7 Å². The van der Waals surface area contributed by atoms with Crippen LogP contribution >= 0.6 is 0 Å². The van der Waals surface area contributed by atoms with Gasteiger partial charge in [-0.3, -0.25) is 19.5 Å². The molecule has 2 aromatic rings. The molecule has 1 amide bonds. The Labute approximate surface area is 146 Å². The number of oxazole rings is 1. The first-order chi connectivity index (χ1) is 12.4. The number of benzene rings is 1. The lowest BCUT2D eigenvalue weighted by Crippen LogP contribution is -2.40. The van der Waals surface area contributed by atoms with Crippen LogP contribution in [0.4, 0.5) is 5.69 Å². The van der Waals surface area contributed by atoms with Crippen molar-refractivity contribution in [2.75, 3.05) is 6.54 Å². The zero-order valence-corrected chi connectivity index (χ0v) is 13.8. The smallest absolute Gasteiger partial charge is 0.419 e. The van der Waals surface area contributed by atoms with Crippen molar-refractivity contribution in [1.82, 2.24) is 9.47 Å². The van der Waals surface area contributed by atoms with Crippen LogP contribution < -0.4 is 5.76 Å². The Balaban J connectivity index is 1.67. The highest BCUT2D eigenvalue weighted by Gasteiger charge is 2.33. The first kappa shape index (κ1) is 17.6. The van der Waals surface area contributed by atoms with Crippen molar-refractivity contribution in [2.24, 2.45) is 0 Å². The van der Waals surface area contributed by atoms with Crippen LogP contribution in [-0.2, 0) is 16.1 Å². The van der Waals surface area contributed by atoms with Gasteiger partial charge in [0.25, 0.3) is 5.69 Å². The second kappa shape index (κ2) is 6.98. The molecule has 1 saturated heterocycles. The Morgan fingerprint density at radius 3 is 2.85 bits per heavy atom. The maximum Gasteiger partial charge on any atom is 0.419 e. The number of nitrogens with zero attached hydrogens (tertiary/aromatic N) is 3. The predicted molar refractivity (Wildman–Crippen MR) is 88.7 cm³/mol. The van der Waals surface area contributed by atoms with Crippen LogP contribution in [-0.4, -0.2) is 44.0 Å². The first-order valence-corrected chi connectivity index (χ1v) is 8.18. The second-order valence-electron chi connectivity index (χ2n) is 6.12. The van der Waals surface area contributed by atoms with E-state index in [9.17, 15) is 24.5 Å². The summed E-state index contributed by atoms with van der Waals surface area (Å²) in [4.78, 5) is 46.9. The molecule has 10 nitrogen and oxygen atoms in total. The van der Waals surface area contributed by atoms with Gasteiger partial charge in [-0.05, 0) is 25.3 Å². The summed E-state index contributed by atoms with van der Waals surface area (Å²) in [6.45, 7) is 0.620. The van der Waals surface area contributed by atoms with Gasteiger partial charge in [-0.15, -0.1) is 0 Å². The van der Waals surface area contributed by atoms with Crippen molar-refractivity contribution in [3.05, 3.63) is 38.9 Å². The summed E-state index contributed by atoms with van der Waals surface area (Å²) >= 11 is 0. The van der Waals surface area contributed by atoms with E-state index in [0.29, 0.717) is 31.3 Å². The largest absolute Gasteiger partial charge is 0.480 e. The number of non-ortho nitro benzene ring substituents is 1. The van der Waals surface area contributed by atoms with E-state index in [2.05, 4.69) is 0 Å². The Kier molecular flexibility index (Phi) is 4.74. The number of hydrogen-bond donors (Lipinski definition) is 1. The molecule has 3 rings (SSSR count). The normalized spacial score (nSPS) is 16.9. The van der Waals surface area contributed by atoms with Crippen molar-refractivity contribution in [2.45, 2.75) is 38.3 Å². The quantitative estimate of drug-likeness (QED) is 0.604. The Morgan fingerprint density at radius 1 is 1.38 bits per heavy atom. The lowest BCUT2D eigenvalue weighted by molar-refractivity contribution is -0.384. The number of nitro benzene ring substituents is 1. The fourth-order valence-corrected chi connectivity index (χ4v) is 3.23. The third kappa shape index (κ3) is 3.30. The zero-order valence-electron chi connectivity index (χ0n) is 13.8. The first-order valence-electron chi connectivity index (χ1n) is 8.18. The van der Waals surface area contributed by atoms with E-state index in [4.69, 9.17) is 9.52 Å². The molecule has 26 heavy (non-hydrogen) atoms. The average Bonchev–Trinajstić information content (AvgIpc) is 3.19. The second-order valence-corrected chi connectivity index (χ2v) is 6.12. The van der Waals surface area contributed by atoms with Crippen molar-refractivity contribution < 1.29 is 24.0 Å². The van der Waals surface area contributed by atoms with Gasteiger partial charge in [-0.2, -0.15) is 0 Å². The highest BCUT2D eigenvalue weighted by atomic mass is 16.6. The third-order valence-electron chi connectivity index (χ3n) is 4.49. The van der Waals surface area contributed by atoms with Crippen LogP contribution in [0.5, 0.6) is 0 Å². The summed E-state index contributed by atoms with van der Waals surface area (Å²) in [7, 11) is 0. The minimum atomic E-state index is -1.01. The molecule has 1 fully saturated rings. The number of carboxylic acid groups (broad SMARTS) is 1. The molecule has 1 N–H and O–H groups in total. The van der Waals surface area contributed by atoms with E-state index >= 15 is 0 Å². The number of fused-ring (bicyclic) bond motifs is 1. The Hall–Kier alpha value is -3.17. The zero-order chi connectivity index (χ0) is 18.8. The molecule has 1 aliphatic rings. The van der Waals surface area contributed by atoms with Crippen LogP contribution in [0.1, 0.15) is 25.7 Å². The van der Waals surface area contributed by atoms with E-state index in [1.807, 2.05) is 0 Å². The highest BCUT2D eigenvalue weighted by Crippen LogP contribution is 2.21. The fourth-order valence-electron chi connectivity index (χ4n) is 3.23. The maximum atomic E-state index is 12.2. The minimum Gasteiger partial charge on any atom is -0.480 e. The summed E-state index contributed by atoms with van der Waals surface area (Å²) in [6, 6.07) is 3.11. The van der Waals surface area contributed by atoms with Gasteiger partial charge >= 0.3 is 11.7 Å². The number of nitro groups is 1. The maximum absolute atomic E-state index is 12.2. The summed E-state index contributed by atoms with van der Waals surface area (Å²) in [6.07, 6.45) is 1.54. The number of hydrogen-bond acceptors (Lipinski definition) is 6. The summed E-state index contributed by atoms with van der Waals surface area (Å²) in [5.74, 6) is -1.92. The monoisotopic (exact) mass is 363 g/mol. The van der Waals surface area contributed by atoms with Gasteiger partial charge in [0.2, 0.25) is 5.91 Å². The van der Waals surface area contributed by atoms with Gasteiger partial charge in [0.1, 0.15) is 6.04 Å². The molecule has 1 unspecified atom stereocenters. The molecule has 0 bridgehead atoms. The number of carbonyl (C=O) groups is 2. The molecule has 1 aliphatic heterocycles. The number of carboxylic acids is 1. The summed E-state index contributed by atoms with van der Waals surface area (Å²) in [5, 5.41) is 19.9. The topological polar surface area (TPSA) is 136 Å². The number of rotatable bonds is 6. The lowest BCUT2D eigenvalue weighted by Gasteiger charge is -2.21. The van der Waals surface area contributed by atoms with Crippen LogP contribution in [0.15, 0.2) is 27.4 Å². The lowest BCUT2D eigenvalue weighted by atomic mass is 10.2. The van der Waals surface area contributed by atoms with Crippen LogP contribution in [0, 0.1) is 10.1 Å². The molecule has 138 valence electrons. The molecule has 10 heteroatoms. The number of likely N-dealkylation sites (tertiary alicyclic amines) is 1. The van der Waals surface area contributed by atoms with Crippen LogP contribution in [0.2, 0.25) is 0 Å². The van der Waals surface area contributed by atoms with Gasteiger partial charge in [-0.1, -0.05) is 0 Å². The van der Waals surface area contributed by atoms with E-state index < -0.39 is 22.7 Å². The SMILES string of the molecule is O=C(O)C1CCCN1C(=O)CCCn1c(=O)oc2cc([N+](=O)[O-])ccc21. The standard InChI is InChI=1S/C16H17N3O7/c20-14(17-7-1-3-12(17)15(21)22)4-2-8-18-11-6-5-10(19(24)25)9-13(11)26-16(18)23/h5-6,9,12H,1-4,7-8H2,(H,21,22). The molecule has 1 aromatic heterocycles.